The summed E-state index contributed by atoms with van der Waals surface area (Å²) in [6, 6.07) is 12.8. The van der Waals surface area contributed by atoms with Gasteiger partial charge in [-0.05, 0) is 43.2 Å². The third-order valence-electron chi connectivity index (χ3n) is 5.61. The van der Waals surface area contributed by atoms with Crippen LogP contribution in [0.15, 0.2) is 47.4 Å². The molecule has 1 N–H and O–H groups in total. The molecule has 2 aliphatic rings. The van der Waals surface area contributed by atoms with Gasteiger partial charge in [-0.3, -0.25) is 24.2 Å². The second-order valence-corrected chi connectivity index (χ2v) is 9.42. The van der Waals surface area contributed by atoms with Crippen molar-refractivity contribution in [3.63, 3.8) is 0 Å². The Morgan fingerprint density at radius 1 is 1.06 bits per heavy atom. The van der Waals surface area contributed by atoms with Gasteiger partial charge in [-0.15, -0.1) is 0 Å². The molecule has 33 heavy (non-hydrogen) atoms. The molecule has 2 aromatic carbocycles. The second kappa shape index (κ2) is 9.46. The van der Waals surface area contributed by atoms with Crippen molar-refractivity contribution in [1.82, 2.24) is 4.90 Å². The van der Waals surface area contributed by atoms with E-state index in [0.29, 0.717) is 34.4 Å². The van der Waals surface area contributed by atoms with Gasteiger partial charge in [0.25, 0.3) is 11.8 Å². The molecule has 2 heterocycles. The molecule has 1 fully saturated rings. The van der Waals surface area contributed by atoms with E-state index in [2.05, 4.69) is 5.32 Å². The van der Waals surface area contributed by atoms with Crippen LogP contribution in [0.3, 0.4) is 0 Å². The molecule has 0 atom stereocenters. The van der Waals surface area contributed by atoms with Gasteiger partial charge in [0.05, 0.1) is 29.3 Å². The quantitative estimate of drug-likeness (QED) is 0.503. The lowest BCUT2D eigenvalue weighted by atomic mass is 10.1. The standard InChI is InChI=1S/C24H23N3O4S2/c1-14-8-9-16(12-15(14)2)25-19(28)13-27-18-7-5-4-6-17(18)20(22(27)29)21-23(30)26(10-11-31-3)24(32)33-21/h4-9,12H,10-11,13H2,1-3H3,(H,25,28)/b21-20-. The van der Waals surface area contributed by atoms with Crippen molar-refractivity contribution < 1.29 is 19.1 Å². The maximum atomic E-state index is 13.4. The first-order valence-corrected chi connectivity index (χ1v) is 11.6. The average Bonchev–Trinajstić information content (AvgIpc) is 3.21. The number of anilines is 2. The molecule has 3 amide bonds. The highest BCUT2D eigenvalue weighted by Gasteiger charge is 2.42. The summed E-state index contributed by atoms with van der Waals surface area (Å²) in [5, 5.41) is 2.85. The van der Waals surface area contributed by atoms with Crippen LogP contribution in [0.1, 0.15) is 16.7 Å². The van der Waals surface area contributed by atoms with E-state index in [1.165, 1.54) is 9.80 Å². The van der Waals surface area contributed by atoms with Gasteiger partial charge < -0.3 is 10.1 Å². The van der Waals surface area contributed by atoms with Crippen molar-refractivity contribution in [2.45, 2.75) is 13.8 Å². The smallest absolute Gasteiger partial charge is 0.267 e. The van der Waals surface area contributed by atoms with E-state index in [1.54, 1.807) is 31.4 Å². The van der Waals surface area contributed by atoms with Crippen LogP contribution in [0.25, 0.3) is 5.57 Å². The van der Waals surface area contributed by atoms with E-state index in [0.717, 1.165) is 22.9 Å². The molecule has 0 aromatic heterocycles. The summed E-state index contributed by atoms with van der Waals surface area (Å²) in [6.07, 6.45) is 0. The van der Waals surface area contributed by atoms with Crippen LogP contribution in [0.2, 0.25) is 0 Å². The zero-order chi connectivity index (χ0) is 23.7. The summed E-state index contributed by atoms with van der Waals surface area (Å²) in [7, 11) is 1.55. The first-order valence-electron chi connectivity index (χ1n) is 10.4. The van der Waals surface area contributed by atoms with Crippen LogP contribution < -0.4 is 10.2 Å². The Kier molecular flexibility index (Phi) is 6.64. The summed E-state index contributed by atoms with van der Waals surface area (Å²) >= 11 is 6.47. The Balaban J connectivity index is 1.62. The van der Waals surface area contributed by atoms with E-state index in [1.807, 2.05) is 32.0 Å². The lowest BCUT2D eigenvalue weighted by Gasteiger charge is -2.17. The number of para-hydroxylation sites is 1. The van der Waals surface area contributed by atoms with E-state index in [9.17, 15) is 14.4 Å². The number of fused-ring (bicyclic) bond motifs is 1. The zero-order valence-electron chi connectivity index (χ0n) is 18.5. The third-order valence-corrected chi connectivity index (χ3v) is 7.06. The monoisotopic (exact) mass is 481 g/mol. The molecule has 9 heteroatoms. The number of methoxy groups -OCH3 is 1. The highest BCUT2D eigenvalue weighted by molar-refractivity contribution is 8.26. The number of aryl methyl sites for hydroxylation is 2. The molecule has 1 saturated heterocycles. The van der Waals surface area contributed by atoms with Crippen LogP contribution >= 0.6 is 24.0 Å². The number of ether oxygens (including phenoxy) is 1. The Morgan fingerprint density at radius 2 is 1.82 bits per heavy atom. The lowest BCUT2D eigenvalue weighted by molar-refractivity contribution is -0.122. The van der Waals surface area contributed by atoms with E-state index >= 15 is 0 Å². The SMILES string of the molecule is COCCN1C(=O)/C(=C2/C(=O)N(CC(=O)Nc3ccc(C)c(C)c3)c3ccccc32)SC1=S. The zero-order valence-corrected chi connectivity index (χ0v) is 20.1. The van der Waals surface area contributed by atoms with Crippen molar-refractivity contribution in [2.75, 3.05) is 37.0 Å². The number of nitrogens with one attached hydrogen (secondary N) is 1. The minimum absolute atomic E-state index is 0.170. The summed E-state index contributed by atoms with van der Waals surface area (Å²) in [5.41, 5.74) is 4.35. The molecular weight excluding hydrogens is 458 g/mol. The molecule has 0 bridgehead atoms. The van der Waals surface area contributed by atoms with Crippen LogP contribution in [0, 0.1) is 13.8 Å². The number of hydrogen-bond acceptors (Lipinski definition) is 6. The van der Waals surface area contributed by atoms with Gasteiger partial charge in [-0.25, -0.2) is 0 Å². The molecular formula is C24H23N3O4S2. The highest BCUT2D eigenvalue weighted by atomic mass is 32.2. The Labute approximate surface area is 201 Å². The molecule has 2 aliphatic heterocycles. The molecule has 0 radical (unpaired) electrons. The predicted molar refractivity (Wildman–Crippen MR) is 134 cm³/mol. The van der Waals surface area contributed by atoms with Crippen LogP contribution in [-0.4, -0.2) is 53.7 Å². The molecule has 170 valence electrons. The van der Waals surface area contributed by atoms with E-state index in [-0.39, 0.29) is 28.8 Å². The summed E-state index contributed by atoms with van der Waals surface area (Å²) in [6.45, 7) is 4.46. The van der Waals surface area contributed by atoms with E-state index < -0.39 is 5.91 Å². The van der Waals surface area contributed by atoms with Crippen molar-refractivity contribution in [2.24, 2.45) is 0 Å². The van der Waals surface area contributed by atoms with Crippen molar-refractivity contribution in [3.8, 4) is 0 Å². The van der Waals surface area contributed by atoms with E-state index in [4.69, 9.17) is 17.0 Å². The molecule has 7 nitrogen and oxygen atoms in total. The Morgan fingerprint density at radius 3 is 2.55 bits per heavy atom. The predicted octanol–water partition coefficient (Wildman–Crippen LogP) is 3.51. The average molecular weight is 482 g/mol. The first kappa shape index (κ1) is 23.2. The van der Waals surface area contributed by atoms with Crippen LogP contribution in [0.5, 0.6) is 0 Å². The number of thiocarbonyl (C=S) groups is 1. The second-order valence-electron chi connectivity index (χ2n) is 7.78. The Bertz CT molecular complexity index is 1210. The van der Waals surface area contributed by atoms with Gasteiger partial charge in [0.2, 0.25) is 5.91 Å². The van der Waals surface area contributed by atoms with Crippen molar-refractivity contribution >= 4 is 63.0 Å². The molecule has 0 aliphatic carbocycles. The number of thioether (sulfide) groups is 1. The molecule has 0 unspecified atom stereocenters. The van der Waals surface area contributed by atoms with Gasteiger partial charge in [0, 0.05) is 18.4 Å². The van der Waals surface area contributed by atoms with Gasteiger partial charge >= 0.3 is 0 Å². The van der Waals surface area contributed by atoms with Crippen LogP contribution in [-0.2, 0) is 19.1 Å². The van der Waals surface area contributed by atoms with Gasteiger partial charge in [-0.2, -0.15) is 0 Å². The normalized spacial score (nSPS) is 17.7. The summed E-state index contributed by atoms with van der Waals surface area (Å²) in [5.74, 6) is -1.03. The number of carbonyl (C=O) groups excluding carboxylic acids is 3. The van der Waals surface area contributed by atoms with Gasteiger partial charge in [0.15, 0.2) is 0 Å². The highest BCUT2D eigenvalue weighted by Crippen LogP contribution is 2.44. The fourth-order valence-electron chi connectivity index (χ4n) is 3.74. The Hall–Kier alpha value is -3.01. The minimum atomic E-state index is -0.390. The molecule has 2 aromatic rings. The number of rotatable bonds is 6. The van der Waals surface area contributed by atoms with Gasteiger partial charge in [-0.1, -0.05) is 48.2 Å². The maximum Gasteiger partial charge on any atom is 0.267 e. The lowest BCUT2D eigenvalue weighted by Crippen LogP contribution is -2.35. The molecule has 0 spiro atoms. The minimum Gasteiger partial charge on any atom is -0.383 e. The fourth-order valence-corrected chi connectivity index (χ4v) is 5.12. The first-order chi connectivity index (χ1) is 15.8. The number of nitrogens with zero attached hydrogens (tertiary/aromatic N) is 2. The summed E-state index contributed by atoms with van der Waals surface area (Å²) in [4.78, 5) is 42.4. The number of hydrogen-bond donors (Lipinski definition) is 1. The largest absolute Gasteiger partial charge is 0.383 e. The molecule has 4 rings (SSSR count). The number of amides is 3. The fraction of sp³-hybridized carbons (Fsp3) is 0.250. The van der Waals surface area contributed by atoms with Crippen LogP contribution in [0.4, 0.5) is 11.4 Å². The number of benzene rings is 2. The molecule has 0 saturated carbocycles. The van der Waals surface area contributed by atoms with Crippen molar-refractivity contribution in [1.29, 1.82) is 0 Å². The van der Waals surface area contributed by atoms with Gasteiger partial charge in [0.1, 0.15) is 10.9 Å². The summed E-state index contributed by atoms with van der Waals surface area (Å²) < 4.78 is 5.45. The maximum absolute atomic E-state index is 13.4. The topological polar surface area (TPSA) is 79.0 Å². The number of carbonyl (C=O) groups is 3. The van der Waals surface area contributed by atoms with Crippen molar-refractivity contribution in [3.05, 3.63) is 64.1 Å². The third kappa shape index (κ3) is 4.44.